The smallest absolute Gasteiger partial charge is 0.0731 e. The van der Waals surface area contributed by atoms with E-state index in [1.807, 2.05) is 11.3 Å². The lowest BCUT2D eigenvalue weighted by molar-refractivity contribution is 0.170. The van der Waals surface area contributed by atoms with Crippen LogP contribution in [0.3, 0.4) is 0 Å². The summed E-state index contributed by atoms with van der Waals surface area (Å²) in [4.78, 5) is 1.43. The van der Waals surface area contributed by atoms with E-state index >= 15 is 0 Å². The lowest BCUT2D eigenvalue weighted by Crippen LogP contribution is -2.27. The SMILES string of the molecule is CCCNC(c1cc(C)c(Br)s1)C(C)CCOC. The summed E-state index contributed by atoms with van der Waals surface area (Å²) in [5, 5.41) is 3.67. The maximum atomic E-state index is 5.20. The predicted molar refractivity (Wildman–Crippen MR) is 83.4 cm³/mol. The van der Waals surface area contributed by atoms with Crippen molar-refractivity contribution in [2.24, 2.45) is 5.92 Å². The van der Waals surface area contributed by atoms with Crippen LogP contribution in [-0.2, 0) is 4.74 Å². The molecule has 4 heteroatoms. The minimum Gasteiger partial charge on any atom is -0.385 e. The molecule has 18 heavy (non-hydrogen) atoms. The molecular weight excluding hydrogens is 310 g/mol. The second-order valence-corrected chi connectivity index (χ2v) is 7.20. The van der Waals surface area contributed by atoms with Crippen LogP contribution in [0.25, 0.3) is 0 Å². The van der Waals surface area contributed by atoms with Gasteiger partial charge in [-0.15, -0.1) is 11.3 Å². The maximum Gasteiger partial charge on any atom is 0.0731 e. The summed E-state index contributed by atoms with van der Waals surface area (Å²) in [5.41, 5.74) is 1.33. The first-order valence-corrected chi connectivity index (χ1v) is 8.19. The fourth-order valence-electron chi connectivity index (χ4n) is 1.99. The Morgan fingerprint density at radius 2 is 2.22 bits per heavy atom. The molecule has 0 bridgehead atoms. The zero-order valence-electron chi connectivity index (χ0n) is 11.8. The van der Waals surface area contributed by atoms with E-state index in [4.69, 9.17) is 4.74 Å². The Bertz CT molecular complexity index is 334. The molecule has 0 aromatic carbocycles. The van der Waals surface area contributed by atoms with Gasteiger partial charge in [0.15, 0.2) is 0 Å². The monoisotopic (exact) mass is 333 g/mol. The summed E-state index contributed by atoms with van der Waals surface area (Å²) in [6.45, 7) is 8.56. The van der Waals surface area contributed by atoms with Crippen LogP contribution >= 0.6 is 27.3 Å². The summed E-state index contributed by atoms with van der Waals surface area (Å²) < 4.78 is 6.45. The molecule has 2 nitrogen and oxygen atoms in total. The highest BCUT2D eigenvalue weighted by Gasteiger charge is 2.21. The second kappa shape index (κ2) is 8.31. The molecule has 0 saturated carbocycles. The molecule has 1 heterocycles. The summed E-state index contributed by atoms with van der Waals surface area (Å²) in [6, 6.07) is 2.74. The van der Waals surface area contributed by atoms with E-state index in [9.17, 15) is 0 Å². The van der Waals surface area contributed by atoms with Crippen molar-refractivity contribution in [1.82, 2.24) is 5.32 Å². The van der Waals surface area contributed by atoms with Gasteiger partial charge in [-0.3, -0.25) is 0 Å². The number of thiophene rings is 1. The van der Waals surface area contributed by atoms with Gasteiger partial charge in [0, 0.05) is 24.6 Å². The van der Waals surface area contributed by atoms with Crippen LogP contribution in [0.2, 0.25) is 0 Å². The molecule has 0 aliphatic carbocycles. The number of hydrogen-bond donors (Lipinski definition) is 1. The molecule has 0 aliphatic rings. The van der Waals surface area contributed by atoms with Crippen molar-refractivity contribution < 1.29 is 4.74 Å². The highest BCUT2D eigenvalue weighted by Crippen LogP contribution is 2.35. The standard InChI is InChI=1S/C14H24BrNOS/c1-5-7-16-13(10(2)6-8-17-4)12-9-11(3)14(15)18-12/h9-10,13,16H,5-8H2,1-4H3. The summed E-state index contributed by atoms with van der Waals surface area (Å²) in [7, 11) is 1.77. The van der Waals surface area contributed by atoms with Crippen molar-refractivity contribution >= 4 is 27.3 Å². The lowest BCUT2D eigenvalue weighted by Gasteiger charge is -2.24. The number of methoxy groups -OCH3 is 1. The van der Waals surface area contributed by atoms with Crippen molar-refractivity contribution in [3.63, 3.8) is 0 Å². The first-order chi connectivity index (χ1) is 8.60. The van der Waals surface area contributed by atoms with Gasteiger partial charge in [-0.1, -0.05) is 13.8 Å². The molecule has 1 N–H and O–H groups in total. The van der Waals surface area contributed by atoms with Crippen molar-refractivity contribution in [1.29, 1.82) is 0 Å². The van der Waals surface area contributed by atoms with Gasteiger partial charge in [-0.25, -0.2) is 0 Å². The molecule has 2 unspecified atom stereocenters. The second-order valence-electron chi connectivity index (χ2n) is 4.80. The molecule has 1 aromatic rings. The van der Waals surface area contributed by atoms with Crippen LogP contribution in [0.1, 0.15) is 43.2 Å². The van der Waals surface area contributed by atoms with E-state index in [0.29, 0.717) is 12.0 Å². The van der Waals surface area contributed by atoms with E-state index in [0.717, 1.165) is 19.6 Å². The third kappa shape index (κ3) is 4.65. The lowest BCUT2D eigenvalue weighted by atomic mass is 9.97. The molecule has 0 aliphatic heterocycles. The normalized spacial score (nSPS) is 14.7. The van der Waals surface area contributed by atoms with Crippen LogP contribution in [0.15, 0.2) is 9.85 Å². The van der Waals surface area contributed by atoms with Crippen molar-refractivity contribution in [3.05, 3.63) is 20.3 Å². The summed E-state index contributed by atoms with van der Waals surface area (Å²) in [6.07, 6.45) is 2.26. The topological polar surface area (TPSA) is 21.3 Å². The van der Waals surface area contributed by atoms with Gasteiger partial charge >= 0.3 is 0 Å². The molecule has 0 radical (unpaired) electrons. The molecule has 1 rings (SSSR count). The Morgan fingerprint density at radius 1 is 1.50 bits per heavy atom. The highest BCUT2D eigenvalue weighted by atomic mass is 79.9. The van der Waals surface area contributed by atoms with Gasteiger partial charge in [0.25, 0.3) is 0 Å². The summed E-state index contributed by atoms with van der Waals surface area (Å²) >= 11 is 5.47. The van der Waals surface area contributed by atoms with Gasteiger partial charge in [0.05, 0.1) is 3.79 Å². The van der Waals surface area contributed by atoms with Crippen LogP contribution < -0.4 is 5.32 Å². The number of halogens is 1. The largest absolute Gasteiger partial charge is 0.385 e. The predicted octanol–water partition coefficient (Wildman–Crippen LogP) is 4.53. The highest BCUT2D eigenvalue weighted by molar-refractivity contribution is 9.11. The van der Waals surface area contributed by atoms with Gasteiger partial charge < -0.3 is 10.1 Å². The molecule has 104 valence electrons. The molecular formula is C14H24BrNOS. The zero-order valence-corrected chi connectivity index (χ0v) is 14.2. The average molecular weight is 334 g/mol. The Morgan fingerprint density at radius 3 is 2.72 bits per heavy atom. The Labute approximate surface area is 123 Å². The fraction of sp³-hybridized carbons (Fsp3) is 0.714. The third-order valence-electron chi connectivity index (χ3n) is 3.14. The first kappa shape index (κ1) is 16.2. The molecule has 2 atom stereocenters. The van der Waals surface area contributed by atoms with Crippen LogP contribution in [0.4, 0.5) is 0 Å². The van der Waals surface area contributed by atoms with Gasteiger partial charge in [-0.2, -0.15) is 0 Å². The quantitative estimate of drug-likeness (QED) is 0.754. The van der Waals surface area contributed by atoms with Crippen LogP contribution in [-0.4, -0.2) is 20.3 Å². The molecule has 0 amide bonds. The number of ether oxygens (including phenoxy) is 1. The van der Waals surface area contributed by atoms with E-state index in [-0.39, 0.29) is 0 Å². The number of nitrogens with one attached hydrogen (secondary N) is 1. The maximum absolute atomic E-state index is 5.20. The summed E-state index contributed by atoms with van der Waals surface area (Å²) in [5.74, 6) is 0.585. The molecule has 0 saturated heterocycles. The van der Waals surface area contributed by atoms with Crippen molar-refractivity contribution in [2.45, 2.75) is 39.7 Å². The van der Waals surface area contributed by atoms with Gasteiger partial charge in [0.1, 0.15) is 0 Å². The number of rotatable bonds is 8. The molecule has 0 fully saturated rings. The first-order valence-electron chi connectivity index (χ1n) is 6.58. The Hall–Kier alpha value is 0.1000. The Kier molecular flexibility index (Phi) is 7.46. The van der Waals surface area contributed by atoms with Gasteiger partial charge in [0.2, 0.25) is 0 Å². The van der Waals surface area contributed by atoms with Crippen LogP contribution in [0, 0.1) is 12.8 Å². The van der Waals surface area contributed by atoms with Gasteiger partial charge in [-0.05, 0) is 59.8 Å². The molecule has 1 aromatic heterocycles. The third-order valence-corrected chi connectivity index (χ3v) is 5.36. The fourth-order valence-corrected chi connectivity index (χ4v) is 3.77. The zero-order chi connectivity index (χ0) is 13.5. The van der Waals surface area contributed by atoms with E-state index in [1.54, 1.807) is 7.11 Å². The van der Waals surface area contributed by atoms with E-state index < -0.39 is 0 Å². The minimum absolute atomic E-state index is 0.440. The van der Waals surface area contributed by atoms with E-state index in [1.165, 1.54) is 20.6 Å². The number of hydrogen-bond acceptors (Lipinski definition) is 3. The van der Waals surface area contributed by atoms with E-state index in [2.05, 4.69) is 48.1 Å². The number of aryl methyl sites for hydroxylation is 1. The molecule has 0 spiro atoms. The Balaban J connectivity index is 2.76. The van der Waals surface area contributed by atoms with Crippen molar-refractivity contribution in [3.8, 4) is 0 Å². The van der Waals surface area contributed by atoms with Crippen LogP contribution in [0.5, 0.6) is 0 Å². The van der Waals surface area contributed by atoms with Crippen molar-refractivity contribution in [2.75, 3.05) is 20.3 Å². The average Bonchev–Trinajstić information content (AvgIpc) is 2.67. The minimum atomic E-state index is 0.440.